The third-order valence-corrected chi connectivity index (χ3v) is 5.02. The quantitative estimate of drug-likeness (QED) is 0.594. The summed E-state index contributed by atoms with van der Waals surface area (Å²) in [6.45, 7) is 0. The predicted molar refractivity (Wildman–Crippen MR) is 98.0 cm³/mol. The summed E-state index contributed by atoms with van der Waals surface area (Å²) in [4.78, 5) is 0. The summed E-state index contributed by atoms with van der Waals surface area (Å²) in [6, 6.07) is 26.5. The summed E-state index contributed by atoms with van der Waals surface area (Å²) in [6.07, 6.45) is 0. The fourth-order valence-electron chi connectivity index (χ4n) is 2.29. The van der Waals surface area contributed by atoms with Crippen molar-refractivity contribution in [3.05, 3.63) is 83.9 Å². The van der Waals surface area contributed by atoms with E-state index >= 15 is 0 Å². The van der Waals surface area contributed by atoms with Gasteiger partial charge in [0.1, 0.15) is 5.25 Å². The molecule has 0 saturated heterocycles. The van der Waals surface area contributed by atoms with Gasteiger partial charge in [0.25, 0.3) is 0 Å². The van der Waals surface area contributed by atoms with Crippen LogP contribution in [0.1, 0.15) is 16.4 Å². The number of hydrogen-bond donors (Lipinski definition) is 0. The first-order valence-corrected chi connectivity index (χ1v) is 8.21. The smallest absolute Gasteiger partial charge is 0.122 e. The minimum atomic E-state index is -0.278. The van der Waals surface area contributed by atoms with E-state index in [0.29, 0.717) is 0 Å². The summed E-state index contributed by atoms with van der Waals surface area (Å²) < 4.78 is 0.751. The first kappa shape index (κ1) is 14.8. The summed E-state index contributed by atoms with van der Waals surface area (Å²) in [5.41, 5.74) is 1.98. The maximum absolute atomic E-state index is 9.42. The van der Waals surface area contributed by atoms with Crippen molar-refractivity contribution in [2.75, 3.05) is 0 Å². The zero-order chi connectivity index (χ0) is 15.4. The van der Waals surface area contributed by atoms with Crippen molar-refractivity contribution in [2.45, 2.75) is 5.25 Å². The minimum Gasteiger partial charge on any atom is -0.197 e. The molecule has 0 aliphatic rings. The topological polar surface area (TPSA) is 23.8 Å². The molecule has 1 nitrogen and oxygen atoms in total. The Morgan fingerprint density at radius 3 is 2.32 bits per heavy atom. The molecular formula is C19H13NS2. The van der Waals surface area contributed by atoms with Gasteiger partial charge in [0.05, 0.1) is 10.3 Å². The second-order valence-corrected chi connectivity index (χ2v) is 6.67. The number of nitriles is 1. The predicted octanol–water partition coefficient (Wildman–Crippen LogP) is 5.51. The van der Waals surface area contributed by atoms with E-state index in [9.17, 15) is 5.26 Å². The van der Waals surface area contributed by atoms with Crippen molar-refractivity contribution in [3.63, 3.8) is 0 Å². The van der Waals surface area contributed by atoms with Gasteiger partial charge in [0.15, 0.2) is 0 Å². The molecule has 3 heteroatoms. The molecule has 0 aliphatic carbocycles. The summed E-state index contributed by atoms with van der Waals surface area (Å²) in [5, 5.41) is 11.5. The lowest BCUT2D eigenvalue weighted by Crippen LogP contribution is -1.98. The van der Waals surface area contributed by atoms with Crippen LogP contribution in [0.25, 0.3) is 10.8 Å². The molecule has 0 aromatic heterocycles. The van der Waals surface area contributed by atoms with Crippen molar-refractivity contribution in [1.82, 2.24) is 0 Å². The number of thioether (sulfide) groups is 1. The molecule has 0 N–H and O–H groups in total. The van der Waals surface area contributed by atoms with E-state index in [0.717, 1.165) is 20.7 Å². The van der Waals surface area contributed by atoms with E-state index in [1.165, 1.54) is 17.1 Å². The van der Waals surface area contributed by atoms with Crippen LogP contribution in [0.4, 0.5) is 0 Å². The van der Waals surface area contributed by atoms with Crippen LogP contribution in [0, 0.1) is 11.3 Å². The molecule has 106 valence electrons. The Bertz CT molecular complexity index is 850. The Hall–Kier alpha value is -2.15. The molecule has 0 saturated carbocycles. The first-order chi connectivity index (χ1) is 10.8. The molecule has 3 aromatic rings. The van der Waals surface area contributed by atoms with Gasteiger partial charge in [-0.25, -0.2) is 0 Å². The van der Waals surface area contributed by atoms with Gasteiger partial charge in [-0.1, -0.05) is 90.7 Å². The largest absolute Gasteiger partial charge is 0.197 e. The van der Waals surface area contributed by atoms with Crippen LogP contribution in [-0.4, -0.2) is 4.20 Å². The molecular weight excluding hydrogens is 306 g/mol. The number of thiocarbonyl (C=S) groups is 1. The molecule has 0 fully saturated rings. The van der Waals surface area contributed by atoms with E-state index < -0.39 is 0 Å². The van der Waals surface area contributed by atoms with E-state index in [1.807, 2.05) is 48.5 Å². The van der Waals surface area contributed by atoms with Gasteiger partial charge in [-0.15, -0.1) is 0 Å². The van der Waals surface area contributed by atoms with Crippen molar-refractivity contribution >= 4 is 38.9 Å². The van der Waals surface area contributed by atoms with Gasteiger partial charge in [-0.05, 0) is 28.0 Å². The summed E-state index contributed by atoms with van der Waals surface area (Å²) in [7, 11) is 0. The number of rotatable bonds is 3. The van der Waals surface area contributed by atoms with E-state index in [1.54, 1.807) is 0 Å². The van der Waals surface area contributed by atoms with Gasteiger partial charge in [0.2, 0.25) is 0 Å². The van der Waals surface area contributed by atoms with Gasteiger partial charge in [-0.2, -0.15) is 5.26 Å². The maximum atomic E-state index is 9.42. The highest BCUT2D eigenvalue weighted by molar-refractivity contribution is 8.24. The fraction of sp³-hybridized carbons (Fsp3) is 0.0526. The molecule has 0 spiro atoms. The molecule has 1 unspecified atom stereocenters. The standard InChI is InChI=1S/C19H13NS2/c20-13-18(15-7-2-1-3-8-15)22-19(21)17-11-10-14-6-4-5-9-16(14)12-17/h1-12,18H. The lowest BCUT2D eigenvalue weighted by Gasteiger charge is -2.10. The molecule has 22 heavy (non-hydrogen) atoms. The van der Waals surface area contributed by atoms with Crippen LogP contribution in [0.3, 0.4) is 0 Å². The van der Waals surface area contributed by atoms with Crippen LogP contribution >= 0.6 is 24.0 Å². The second kappa shape index (κ2) is 6.74. The third kappa shape index (κ3) is 3.19. The molecule has 0 radical (unpaired) electrons. The van der Waals surface area contributed by atoms with Gasteiger partial charge < -0.3 is 0 Å². The van der Waals surface area contributed by atoms with Gasteiger partial charge in [-0.3, -0.25) is 0 Å². The van der Waals surface area contributed by atoms with E-state index in [2.05, 4.69) is 30.3 Å². The fourth-order valence-corrected chi connectivity index (χ4v) is 3.53. The molecule has 0 heterocycles. The van der Waals surface area contributed by atoms with Crippen molar-refractivity contribution in [1.29, 1.82) is 5.26 Å². The zero-order valence-corrected chi connectivity index (χ0v) is 13.4. The second-order valence-electron chi connectivity index (χ2n) is 4.89. The molecule has 0 amide bonds. The average Bonchev–Trinajstić information content (AvgIpc) is 2.59. The minimum absolute atomic E-state index is 0.278. The number of nitrogens with zero attached hydrogens (tertiary/aromatic N) is 1. The monoisotopic (exact) mass is 319 g/mol. The van der Waals surface area contributed by atoms with E-state index in [-0.39, 0.29) is 5.25 Å². The highest BCUT2D eigenvalue weighted by atomic mass is 32.2. The van der Waals surface area contributed by atoms with Gasteiger partial charge in [0, 0.05) is 0 Å². The molecule has 3 aromatic carbocycles. The molecule has 0 aliphatic heterocycles. The average molecular weight is 319 g/mol. The number of hydrogen-bond acceptors (Lipinski definition) is 3. The molecule has 1 atom stereocenters. The molecule has 3 rings (SSSR count). The van der Waals surface area contributed by atoms with Crippen molar-refractivity contribution in [3.8, 4) is 6.07 Å². The van der Waals surface area contributed by atoms with Crippen LogP contribution in [-0.2, 0) is 0 Å². The number of benzene rings is 3. The maximum Gasteiger partial charge on any atom is 0.122 e. The Kier molecular flexibility index (Phi) is 4.53. The third-order valence-electron chi connectivity index (χ3n) is 3.43. The number of fused-ring (bicyclic) bond motifs is 1. The summed E-state index contributed by atoms with van der Waals surface area (Å²) >= 11 is 6.97. The summed E-state index contributed by atoms with van der Waals surface area (Å²) in [5.74, 6) is 0. The van der Waals surface area contributed by atoms with Crippen LogP contribution in [0.5, 0.6) is 0 Å². The normalized spacial score (nSPS) is 11.8. The highest BCUT2D eigenvalue weighted by Crippen LogP contribution is 2.32. The van der Waals surface area contributed by atoms with Crippen molar-refractivity contribution < 1.29 is 0 Å². The van der Waals surface area contributed by atoms with Crippen LogP contribution in [0.15, 0.2) is 72.8 Å². The van der Waals surface area contributed by atoms with Crippen molar-refractivity contribution in [2.24, 2.45) is 0 Å². The SMILES string of the molecule is N#CC(SC(=S)c1ccc2ccccc2c1)c1ccccc1. The Morgan fingerprint density at radius 2 is 1.59 bits per heavy atom. The zero-order valence-electron chi connectivity index (χ0n) is 11.8. The molecule has 0 bridgehead atoms. The Labute approximate surface area is 139 Å². The highest BCUT2D eigenvalue weighted by Gasteiger charge is 2.15. The Balaban J connectivity index is 1.85. The first-order valence-electron chi connectivity index (χ1n) is 6.92. The lowest BCUT2D eigenvalue weighted by molar-refractivity contribution is 1.23. The van der Waals surface area contributed by atoms with Crippen LogP contribution < -0.4 is 0 Å². The van der Waals surface area contributed by atoms with Crippen LogP contribution in [0.2, 0.25) is 0 Å². The van der Waals surface area contributed by atoms with Gasteiger partial charge >= 0.3 is 0 Å². The van der Waals surface area contributed by atoms with E-state index in [4.69, 9.17) is 12.2 Å². The Morgan fingerprint density at radius 1 is 0.909 bits per heavy atom. The lowest BCUT2D eigenvalue weighted by atomic mass is 10.1.